The van der Waals surface area contributed by atoms with Gasteiger partial charge in [0, 0.05) is 11.3 Å². The number of thiazole rings is 1. The van der Waals surface area contributed by atoms with Gasteiger partial charge in [0.2, 0.25) is 0 Å². The van der Waals surface area contributed by atoms with Crippen LogP contribution in [0.25, 0.3) is 11.3 Å². The number of aromatic nitrogens is 1. The SMILES string of the molecule is COc1ccc(NC(=O)c2sc(N)nc2-c2ccccc2)cc1Cl. The zero-order valence-electron chi connectivity index (χ0n) is 12.7. The van der Waals surface area contributed by atoms with Crippen molar-refractivity contribution in [2.45, 2.75) is 0 Å². The van der Waals surface area contributed by atoms with E-state index < -0.39 is 0 Å². The average molecular weight is 360 g/mol. The van der Waals surface area contributed by atoms with Gasteiger partial charge < -0.3 is 15.8 Å². The van der Waals surface area contributed by atoms with Gasteiger partial charge in [-0.15, -0.1) is 0 Å². The van der Waals surface area contributed by atoms with Crippen LogP contribution in [0.2, 0.25) is 5.02 Å². The lowest BCUT2D eigenvalue weighted by Gasteiger charge is -2.08. The Hall–Kier alpha value is -2.57. The van der Waals surface area contributed by atoms with Crippen molar-refractivity contribution < 1.29 is 9.53 Å². The molecule has 0 fully saturated rings. The molecule has 0 radical (unpaired) electrons. The van der Waals surface area contributed by atoms with Crippen molar-refractivity contribution in [3.8, 4) is 17.0 Å². The number of nitrogen functional groups attached to an aromatic ring is 1. The number of methoxy groups -OCH3 is 1. The minimum absolute atomic E-state index is 0.288. The second-order valence-electron chi connectivity index (χ2n) is 4.90. The maximum atomic E-state index is 12.6. The van der Waals surface area contributed by atoms with Gasteiger partial charge in [-0.05, 0) is 18.2 Å². The molecular weight excluding hydrogens is 346 g/mol. The van der Waals surface area contributed by atoms with Crippen LogP contribution >= 0.6 is 22.9 Å². The summed E-state index contributed by atoms with van der Waals surface area (Å²) < 4.78 is 5.10. The zero-order valence-corrected chi connectivity index (χ0v) is 14.3. The van der Waals surface area contributed by atoms with E-state index in [1.54, 1.807) is 18.2 Å². The number of hydrogen-bond acceptors (Lipinski definition) is 5. The van der Waals surface area contributed by atoms with E-state index in [-0.39, 0.29) is 5.91 Å². The monoisotopic (exact) mass is 359 g/mol. The molecule has 122 valence electrons. The fourth-order valence-electron chi connectivity index (χ4n) is 2.21. The number of hydrogen-bond donors (Lipinski definition) is 2. The fraction of sp³-hybridized carbons (Fsp3) is 0.0588. The van der Waals surface area contributed by atoms with Gasteiger partial charge in [0.25, 0.3) is 5.91 Å². The highest BCUT2D eigenvalue weighted by Gasteiger charge is 2.19. The summed E-state index contributed by atoms with van der Waals surface area (Å²) in [6.07, 6.45) is 0. The molecule has 0 aliphatic carbocycles. The largest absolute Gasteiger partial charge is 0.495 e. The average Bonchev–Trinajstić information content (AvgIpc) is 2.98. The number of benzene rings is 2. The Morgan fingerprint density at radius 2 is 2.00 bits per heavy atom. The third-order valence-corrected chi connectivity index (χ3v) is 4.49. The molecule has 3 rings (SSSR count). The summed E-state index contributed by atoms with van der Waals surface area (Å²) in [5.74, 6) is 0.256. The highest BCUT2D eigenvalue weighted by atomic mass is 35.5. The van der Waals surface area contributed by atoms with Crippen molar-refractivity contribution >= 4 is 39.7 Å². The zero-order chi connectivity index (χ0) is 17.1. The first-order chi connectivity index (χ1) is 11.6. The van der Waals surface area contributed by atoms with E-state index in [1.165, 1.54) is 7.11 Å². The van der Waals surface area contributed by atoms with Crippen molar-refractivity contribution in [3.05, 3.63) is 58.4 Å². The quantitative estimate of drug-likeness (QED) is 0.727. The molecule has 0 aliphatic heterocycles. The highest BCUT2D eigenvalue weighted by Crippen LogP contribution is 2.31. The summed E-state index contributed by atoms with van der Waals surface area (Å²) >= 11 is 7.23. The number of carbonyl (C=O) groups excluding carboxylic acids is 1. The molecule has 0 saturated carbocycles. The molecule has 0 unspecified atom stereocenters. The highest BCUT2D eigenvalue weighted by molar-refractivity contribution is 7.17. The van der Waals surface area contributed by atoms with E-state index in [1.807, 2.05) is 30.3 Å². The van der Waals surface area contributed by atoms with E-state index >= 15 is 0 Å². The van der Waals surface area contributed by atoms with Crippen LogP contribution in [-0.4, -0.2) is 18.0 Å². The number of nitrogens with zero attached hydrogens (tertiary/aromatic N) is 1. The number of halogens is 1. The van der Waals surface area contributed by atoms with Crippen LogP contribution in [0.4, 0.5) is 10.8 Å². The van der Waals surface area contributed by atoms with Gasteiger partial charge in [-0.2, -0.15) is 0 Å². The molecule has 0 aliphatic rings. The molecule has 3 aromatic rings. The Bertz CT molecular complexity index is 881. The maximum Gasteiger partial charge on any atom is 0.268 e. The van der Waals surface area contributed by atoms with Crippen molar-refractivity contribution in [2.24, 2.45) is 0 Å². The molecule has 0 bridgehead atoms. The van der Waals surface area contributed by atoms with Crippen LogP contribution in [0.1, 0.15) is 9.67 Å². The summed E-state index contributed by atoms with van der Waals surface area (Å²) in [5.41, 5.74) is 7.77. The van der Waals surface area contributed by atoms with Crippen LogP contribution in [0, 0.1) is 0 Å². The minimum atomic E-state index is -0.288. The van der Waals surface area contributed by atoms with Crippen LogP contribution in [-0.2, 0) is 0 Å². The first-order valence-corrected chi connectivity index (χ1v) is 8.24. The van der Waals surface area contributed by atoms with E-state index in [9.17, 15) is 4.79 Å². The van der Waals surface area contributed by atoms with Crippen molar-refractivity contribution in [2.75, 3.05) is 18.2 Å². The van der Waals surface area contributed by atoms with Crippen LogP contribution < -0.4 is 15.8 Å². The van der Waals surface area contributed by atoms with Gasteiger partial charge in [0.1, 0.15) is 10.6 Å². The molecule has 0 saturated heterocycles. The van der Waals surface area contributed by atoms with Crippen LogP contribution in [0.5, 0.6) is 5.75 Å². The first kappa shape index (κ1) is 16.3. The number of nitrogens with two attached hydrogens (primary N) is 1. The lowest BCUT2D eigenvalue weighted by molar-refractivity contribution is 0.103. The molecule has 7 heteroatoms. The Balaban J connectivity index is 1.90. The van der Waals surface area contributed by atoms with Gasteiger partial charge in [-0.1, -0.05) is 53.3 Å². The predicted molar refractivity (Wildman–Crippen MR) is 97.9 cm³/mol. The summed E-state index contributed by atoms with van der Waals surface area (Å²) in [7, 11) is 1.53. The van der Waals surface area contributed by atoms with E-state index in [4.69, 9.17) is 22.1 Å². The van der Waals surface area contributed by atoms with Gasteiger partial charge >= 0.3 is 0 Å². The molecule has 1 heterocycles. The number of ether oxygens (including phenoxy) is 1. The van der Waals surface area contributed by atoms with Gasteiger partial charge in [-0.3, -0.25) is 4.79 Å². The number of amides is 1. The van der Waals surface area contributed by atoms with Gasteiger partial charge in [-0.25, -0.2) is 4.98 Å². The third-order valence-electron chi connectivity index (χ3n) is 3.31. The normalized spacial score (nSPS) is 10.4. The topological polar surface area (TPSA) is 77.2 Å². The van der Waals surface area contributed by atoms with Crippen molar-refractivity contribution in [3.63, 3.8) is 0 Å². The first-order valence-electron chi connectivity index (χ1n) is 7.05. The molecule has 2 aromatic carbocycles. The van der Waals surface area contributed by atoms with Crippen LogP contribution in [0.15, 0.2) is 48.5 Å². The Kier molecular flexibility index (Phi) is 4.69. The summed E-state index contributed by atoms with van der Waals surface area (Å²) in [4.78, 5) is 17.3. The molecule has 3 N–H and O–H groups in total. The van der Waals surface area contributed by atoms with E-state index in [0.717, 1.165) is 16.9 Å². The van der Waals surface area contributed by atoms with Gasteiger partial charge in [0.05, 0.1) is 17.8 Å². The van der Waals surface area contributed by atoms with Crippen LogP contribution in [0.3, 0.4) is 0 Å². The fourth-order valence-corrected chi connectivity index (χ4v) is 3.22. The summed E-state index contributed by atoms with van der Waals surface area (Å²) in [5, 5.41) is 3.57. The second-order valence-corrected chi connectivity index (χ2v) is 6.34. The Morgan fingerprint density at radius 3 is 2.67 bits per heavy atom. The second kappa shape index (κ2) is 6.90. The smallest absolute Gasteiger partial charge is 0.268 e. The van der Waals surface area contributed by atoms with E-state index in [2.05, 4.69) is 10.3 Å². The predicted octanol–water partition coefficient (Wildman–Crippen LogP) is 4.31. The van der Waals surface area contributed by atoms with Gasteiger partial charge in [0.15, 0.2) is 5.13 Å². The van der Waals surface area contributed by atoms with E-state index in [0.29, 0.717) is 32.2 Å². The van der Waals surface area contributed by atoms with Crippen molar-refractivity contribution in [1.29, 1.82) is 0 Å². The number of anilines is 2. The third kappa shape index (κ3) is 3.34. The Morgan fingerprint density at radius 1 is 1.25 bits per heavy atom. The lowest BCUT2D eigenvalue weighted by atomic mass is 10.1. The minimum Gasteiger partial charge on any atom is -0.495 e. The molecule has 0 spiro atoms. The molecule has 0 atom stereocenters. The standard InChI is InChI=1S/C17H14ClN3O2S/c1-23-13-8-7-11(9-12(13)18)20-16(22)15-14(21-17(19)24-15)10-5-3-2-4-6-10/h2-9H,1H3,(H2,19,21)(H,20,22). The lowest BCUT2D eigenvalue weighted by Crippen LogP contribution is -2.11. The van der Waals surface area contributed by atoms with Crippen molar-refractivity contribution in [1.82, 2.24) is 4.98 Å². The molecule has 1 aromatic heterocycles. The number of rotatable bonds is 4. The molecular formula is C17H14ClN3O2S. The number of carbonyl (C=O) groups is 1. The molecule has 5 nitrogen and oxygen atoms in total. The molecule has 1 amide bonds. The summed E-state index contributed by atoms with van der Waals surface area (Å²) in [6, 6.07) is 14.5. The molecule has 24 heavy (non-hydrogen) atoms. The maximum absolute atomic E-state index is 12.6. The number of nitrogens with one attached hydrogen (secondary N) is 1. The Labute approximate surface area is 148 Å². The summed E-state index contributed by atoms with van der Waals surface area (Å²) in [6.45, 7) is 0.